The molecule has 1 rings (SSSR count). The molecule has 1 aliphatic heterocycles. The summed E-state index contributed by atoms with van der Waals surface area (Å²) in [4.78, 5) is 12.6. The van der Waals surface area contributed by atoms with Crippen molar-refractivity contribution in [2.75, 3.05) is 26.5 Å². The second-order valence-electron chi connectivity index (χ2n) is 6.56. The number of amides is 1. The predicted octanol–water partition coefficient (Wildman–Crippen LogP) is 0.895. The maximum Gasteiger partial charge on any atom is 0.241 e. The van der Waals surface area contributed by atoms with E-state index < -0.39 is 14.6 Å². The quantitative estimate of drug-likeness (QED) is 0.738. The summed E-state index contributed by atoms with van der Waals surface area (Å²) in [5.74, 6) is -0.383. The van der Waals surface area contributed by atoms with Crippen molar-refractivity contribution in [3.8, 4) is 0 Å². The number of carbonyl (C=O) groups excluding carboxylic acids is 1. The van der Waals surface area contributed by atoms with E-state index in [9.17, 15) is 13.2 Å². The smallest absolute Gasteiger partial charge is 0.241 e. The molecule has 0 radical (unpaired) electrons. The van der Waals surface area contributed by atoms with Gasteiger partial charge in [0.15, 0.2) is 14.6 Å². The molecule has 8 heteroatoms. The van der Waals surface area contributed by atoms with E-state index >= 15 is 0 Å². The van der Waals surface area contributed by atoms with Crippen LogP contribution in [0.25, 0.3) is 0 Å². The van der Waals surface area contributed by atoms with E-state index in [1.165, 1.54) is 0 Å². The van der Waals surface area contributed by atoms with Gasteiger partial charge < -0.3 is 15.4 Å². The second kappa shape index (κ2) is 7.95. The average Bonchev–Trinajstić information content (AvgIpc) is 2.37. The summed E-state index contributed by atoms with van der Waals surface area (Å²) in [5.41, 5.74) is -0.362. The lowest BCUT2D eigenvalue weighted by Gasteiger charge is -2.36. The Balaban J connectivity index is 0.00000441. The van der Waals surface area contributed by atoms with Crippen molar-refractivity contribution >= 4 is 28.2 Å². The fraction of sp³-hybridized carbons (Fsp3) is 0.929. The Morgan fingerprint density at radius 1 is 1.36 bits per heavy atom. The number of hydrogen-bond acceptors (Lipinski definition) is 5. The van der Waals surface area contributed by atoms with Gasteiger partial charge in [-0.05, 0) is 53.1 Å². The summed E-state index contributed by atoms with van der Waals surface area (Å²) in [6, 6.07) is -0.152. The first-order valence-electron chi connectivity index (χ1n) is 7.30. The molecule has 6 nitrogen and oxygen atoms in total. The SMILES string of the molecule is COC(C)(C)CC(C)NC(=O)C1(S(C)(=O)=O)CCNCC1.Cl. The molecule has 0 bridgehead atoms. The van der Waals surface area contributed by atoms with E-state index in [1.807, 2.05) is 20.8 Å². The lowest BCUT2D eigenvalue weighted by Crippen LogP contribution is -2.59. The minimum absolute atomic E-state index is 0. The zero-order valence-electron chi connectivity index (χ0n) is 14.1. The van der Waals surface area contributed by atoms with Crippen LogP contribution in [0.4, 0.5) is 0 Å². The average molecular weight is 357 g/mol. The van der Waals surface area contributed by atoms with Gasteiger partial charge in [0.25, 0.3) is 0 Å². The zero-order chi connectivity index (χ0) is 16.3. The monoisotopic (exact) mass is 356 g/mol. The standard InChI is InChI=1S/C14H28N2O4S.ClH/c1-11(10-13(2,3)20-4)16-12(17)14(21(5,18)19)6-8-15-9-7-14;/h11,15H,6-10H2,1-5H3,(H,16,17);1H. The van der Waals surface area contributed by atoms with Gasteiger partial charge >= 0.3 is 0 Å². The van der Waals surface area contributed by atoms with E-state index in [4.69, 9.17) is 4.74 Å². The molecule has 0 aromatic rings. The highest BCUT2D eigenvalue weighted by Crippen LogP contribution is 2.28. The Hall–Kier alpha value is -0.370. The van der Waals surface area contributed by atoms with Crippen LogP contribution in [0.1, 0.15) is 40.0 Å². The molecule has 1 saturated heterocycles. The molecule has 1 fully saturated rings. The lowest BCUT2D eigenvalue weighted by molar-refractivity contribution is -0.125. The Morgan fingerprint density at radius 3 is 2.27 bits per heavy atom. The van der Waals surface area contributed by atoms with Crippen molar-refractivity contribution < 1.29 is 17.9 Å². The summed E-state index contributed by atoms with van der Waals surface area (Å²) >= 11 is 0. The van der Waals surface area contributed by atoms with Crippen LogP contribution in [0.5, 0.6) is 0 Å². The number of carbonyl (C=O) groups is 1. The van der Waals surface area contributed by atoms with Gasteiger partial charge in [-0.1, -0.05) is 0 Å². The van der Waals surface area contributed by atoms with E-state index in [1.54, 1.807) is 7.11 Å². The third-order valence-electron chi connectivity index (χ3n) is 4.26. The number of rotatable bonds is 6. The predicted molar refractivity (Wildman–Crippen MR) is 90.2 cm³/mol. The highest BCUT2D eigenvalue weighted by molar-refractivity contribution is 7.92. The van der Waals surface area contributed by atoms with Crippen molar-refractivity contribution in [1.82, 2.24) is 10.6 Å². The number of ether oxygens (including phenoxy) is 1. The normalized spacial score (nSPS) is 19.9. The molecule has 2 N–H and O–H groups in total. The number of halogens is 1. The van der Waals surface area contributed by atoms with Crippen LogP contribution in [0.15, 0.2) is 0 Å². The summed E-state index contributed by atoms with van der Waals surface area (Å²) in [6.07, 6.45) is 2.41. The zero-order valence-corrected chi connectivity index (χ0v) is 15.7. The van der Waals surface area contributed by atoms with Crippen LogP contribution >= 0.6 is 12.4 Å². The molecule has 0 aliphatic carbocycles. The maximum atomic E-state index is 12.6. The molecule has 1 unspecified atom stereocenters. The Morgan fingerprint density at radius 2 is 1.86 bits per heavy atom. The van der Waals surface area contributed by atoms with E-state index in [0.717, 1.165) is 6.26 Å². The Kier molecular flexibility index (Phi) is 7.81. The lowest BCUT2D eigenvalue weighted by atomic mass is 9.94. The van der Waals surface area contributed by atoms with Crippen molar-refractivity contribution in [3.05, 3.63) is 0 Å². The van der Waals surface area contributed by atoms with Gasteiger partial charge in [-0.25, -0.2) is 8.42 Å². The molecule has 132 valence electrons. The van der Waals surface area contributed by atoms with Crippen molar-refractivity contribution in [3.63, 3.8) is 0 Å². The first-order valence-corrected chi connectivity index (χ1v) is 9.20. The van der Waals surface area contributed by atoms with Gasteiger partial charge in [0.2, 0.25) is 5.91 Å². The summed E-state index contributed by atoms with van der Waals surface area (Å²) in [6.45, 7) is 6.83. The highest BCUT2D eigenvalue weighted by Gasteiger charge is 2.48. The molecular formula is C14H29ClN2O4S. The van der Waals surface area contributed by atoms with Crippen molar-refractivity contribution in [1.29, 1.82) is 0 Å². The second-order valence-corrected chi connectivity index (χ2v) is 8.88. The number of methoxy groups -OCH3 is 1. The van der Waals surface area contributed by atoms with Gasteiger partial charge in [-0.3, -0.25) is 4.79 Å². The van der Waals surface area contributed by atoms with Gasteiger partial charge in [-0.15, -0.1) is 12.4 Å². The fourth-order valence-electron chi connectivity index (χ4n) is 2.82. The molecule has 1 aliphatic rings. The van der Waals surface area contributed by atoms with Crippen molar-refractivity contribution in [2.24, 2.45) is 0 Å². The number of nitrogens with one attached hydrogen (secondary N) is 2. The molecule has 0 spiro atoms. The Labute approximate surface area is 140 Å². The molecule has 0 saturated carbocycles. The van der Waals surface area contributed by atoms with Crippen LogP contribution in [0.2, 0.25) is 0 Å². The summed E-state index contributed by atoms with van der Waals surface area (Å²) in [5, 5.41) is 5.96. The molecular weight excluding hydrogens is 328 g/mol. The van der Waals surface area contributed by atoms with Crippen LogP contribution in [-0.4, -0.2) is 57.2 Å². The van der Waals surface area contributed by atoms with Gasteiger partial charge in [0.1, 0.15) is 0 Å². The molecule has 0 aromatic heterocycles. The van der Waals surface area contributed by atoms with Crippen LogP contribution in [0.3, 0.4) is 0 Å². The molecule has 1 amide bonds. The number of piperidine rings is 1. The Bertz CT molecular complexity index is 473. The third kappa shape index (κ3) is 5.08. The van der Waals surface area contributed by atoms with E-state index in [2.05, 4.69) is 10.6 Å². The third-order valence-corrected chi connectivity index (χ3v) is 6.28. The summed E-state index contributed by atoms with van der Waals surface area (Å²) in [7, 11) is -1.84. The molecule has 22 heavy (non-hydrogen) atoms. The van der Waals surface area contributed by atoms with E-state index in [0.29, 0.717) is 32.4 Å². The van der Waals surface area contributed by atoms with Gasteiger partial charge in [0, 0.05) is 19.4 Å². The van der Waals surface area contributed by atoms with Crippen molar-refractivity contribution in [2.45, 2.75) is 56.4 Å². The molecule has 0 aromatic carbocycles. The minimum atomic E-state index is -3.46. The topological polar surface area (TPSA) is 84.5 Å². The number of sulfone groups is 1. The first-order chi connectivity index (χ1) is 9.54. The maximum absolute atomic E-state index is 12.6. The van der Waals surface area contributed by atoms with Crippen LogP contribution < -0.4 is 10.6 Å². The highest BCUT2D eigenvalue weighted by atomic mass is 35.5. The summed E-state index contributed by atoms with van der Waals surface area (Å²) < 4.78 is 28.4. The van der Waals surface area contributed by atoms with Crippen LogP contribution in [-0.2, 0) is 19.4 Å². The minimum Gasteiger partial charge on any atom is -0.379 e. The van der Waals surface area contributed by atoms with Gasteiger partial charge in [-0.2, -0.15) is 0 Å². The number of hydrogen-bond donors (Lipinski definition) is 2. The van der Waals surface area contributed by atoms with Gasteiger partial charge in [0.05, 0.1) is 5.60 Å². The molecule has 1 heterocycles. The van der Waals surface area contributed by atoms with Crippen LogP contribution in [0, 0.1) is 0 Å². The molecule has 1 atom stereocenters. The largest absolute Gasteiger partial charge is 0.379 e. The fourth-order valence-corrected chi connectivity index (χ4v) is 4.17. The van der Waals surface area contributed by atoms with E-state index in [-0.39, 0.29) is 30.0 Å². The first kappa shape index (κ1) is 21.6.